The summed E-state index contributed by atoms with van der Waals surface area (Å²) in [5.74, 6) is 1.36. The number of ether oxygens (including phenoxy) is 2. The van der Waals surface area contributed by atoms with Crippen LogP contribution in [-0.4, -0.2) is 25.4 Å². The van der Waals surface area contributed by atoms with Crippen LogP contribution in [0, 0.1) is 5.92 Å². The van der Waals surface area contributed by atoms with Gasteiger partial charge in [0.1, 0.15) is 6.10 Å². The molecule has 0 aromatic heterocycles. The normalized spacial score (nSPS) is 28.1. The molecule has 2 aliphatic rings. The molecular formula is C21H32O2. The molecule has 23 heavy (non-hydrogen) atoms. The molecule has 1 aliphatic heterocycles. The van der Waals surface area contributed by atoms with E-state index in [2.05, 4.69) is 52.0 Å². The molecule has 0 radical (unpaired) electrons. The molecule has 1 atom stereocenters. The lowest BCUT2D eigenvalue weighted by Gasteiger charge is -2.39. The Hall–Kier alpha value is -0.860. The molecule has 0 bridgehead atoms. The average molecular weight is 316 g/mol. The van der Waals surface area contributed by atoms with Gasteiger partial charge in [-0.2, -0.15) is 0 Å². The van der Waals surface area contributed by atoms with E-state index in [-0.39, 0.29) is 5.41 Å². The van der Waals surface area contributed by atoms with E-state index in [0.29, 0.717) is 18.1 Å². The Morgan fingerprint density at radius 1 is 1.09 bits per heavy atom. The van der Waals surface area contributed by atoms with Crippen molar-refractivity contribution in [3.63, 3.8) is 0 Å². The molecular weight excluding hydrogens is 284 g/mol. The molecule has 0 spiro atoms. The highest BCUT2D eigenvalue weighted by molar-refractivity contribution is 5.30. The molecule has 1 aliphatic carbocycles. The summed E-state index contributed by atoms with van der Waals surface area (Å²) in [7, 11) is 0. The van der Waals surface area contributed by atoms with E-state index in [9.17, 15) is 0 Å². The van der Waals surface area contributed by atoms with Gasteiger partial charge in [-0.05, 0) is 54.1 Å². The highest BCUT2D eigenvalue weighted by Gasteiger charge is 2.35. The Bertz CT molecular complexity index is 491. The van der Waals surface area contributed by atoms with Gasteiger partial charge in [-0.1, -0.05) is 52.0 Å². The van der Waals surface area contributed by atoms with Gasteiger partial charge in [0.15, 0.2) is 0 Å². The minimum absolute atomic E-state index is 0.250. The standard InChI is InChI=1S/C21H32O2/c1-15(2)16-5-7-17(8-6-16)21(3,4)18-9-11-19(12-10-18)22-13-20-14-23-20/h5-8,15,18-20H,9-14H2,1-4H3. The topological polar surface area (TPSA) is 21.8 Å². The number of benzene rings is 1. The second-order valence-corrected chi connectivity index (χ2v) is 8.26. The van der Waals surface area contributed by atoms with Gasteiger partial charge < -0.3 is 9.47 Å². The molecule has 2 heteroatoms. The van der Waals surface area contributed by atoms with E-state index in [4.69, 9.17) is 9.47 Å². The zero-order valence-corrected chi connectivity index (χ0v) is 15.2. The molecule has 128 valence electrons. The van der Waals surface area contributed by atoms with Crippen molar-refractivity contribution >= 4 is 0 Å². The molecule has 3 rings (SSSR count). The van der Waals surface area contributed by atoms with Crippen molar-refractivity contribution in [2.75, 3.05) is 13.2 Å². The maximum absolute atomic E-state index is 5.99. The van der Waals surface area contributed by atoms with Crippen LogP contribution < -0.4 is 0 Å². The lowest BCUT2D eigenvalue weighted by atomic mass is 9.67. The van der Waals surface area contributed by atoms with Gasteiger partial charge >= 0.3 is 0 Å². The van der Waals surface area contributed by atoms with Gasteiger partial charge in [-0.3, -0.25) is 0 Å². The van der Waals surface area contributed by atoms with E-state index in [1.165, 1.54) is 36.8 Å². The van der Waals surface area contributed by atoms with Crippen molar-refractivity contribution in [1.29, 1.82) is 0 Å². The van der Waals surface area contributed by atoms with Crippen LogP contribution in [0.5, 0.6) is 0 Å². The summed E-state index contributed by atoms with van der Waals surface area (Å²) >= 11 is 0. The lowest BCUT2D eigenvalue weighted by Crippen LogP contribution is -2.34. The van der Waals surface area contributed by atoms with Crippen molar-refractivity contribution in [2.24, 2.45) is 5.92 Å². The van der Waals surface area contributed by atoms with Gasteiger partial charge in [0.25, 0.3) is 0 Å². The molecule has 1 saturated heterocycles. The second-order valence-electron chi connectivity index (χ2n) is 8.26. The molecule has 1 aromatic carbocycles. The monoisotopic (exact) mass is 316 g/mol. The van der Waals surface area contributed by atoms with Crippen molar-refractivity contribution in [3.05, 3.63) is 35.4 Å². The van der Waals surface area contributed by atoms with Crippen molar-refractivity contribution < 1.29 is 9.47 Å². The molecule has 0 amide bonds. The third-order valence-electron chi connectivity index (χ3n) is 5.94. The fourth-order valence-corrected chi connectivity index (χ4v) is 3.89. The van der Waals surface area contributed by atoms with Crippen molar-refractivity contribution in [1.82, 2.24) is 0 Å². The first-order chi connectivity index (χ1) is 11.0. The van der Waals surface area contributed by atoms with E-state index in [0.717, 1.165) is 19.1 Å². The Morgan fingerprint density at radius 3 is 2.22 bits per heavy atom. The number of hydrogen-bond acceptors (Lipinski definition) is 2. The lowest BCUT2D eigenvalue weighted by molar-refractivity contribution is 0.00306. The number of epoxide rings is 1. The SMILES string of the molecule is CC(C)c1ccc(C(C)(C)C2CCC(OCC3CO3)CC2)cc1. The summed E-state index contributed by atoms with van der Waals surface area (Å²) in [6.45, 7) is 11.1. The van der Waals surface area contributed by atoms with E-state index in [1.54, 1.807) is 0 Å². The molecule has 1 aromatic rings. The summed E-state index contributed by atoms with van der Waals surface area (Å²) < 4.78 is 11.2. The number of rotatable bonds is 6. The minimum Gasteiger partial charge on any atom is -0.375 e. The summed E-state index contributed by atoms with van der Waals surface area (Å²) in [5, 5.41) is 0. The van der Waals surface area contributed by atoms with Crippen LogP contribution in [-0.2, 0) is 14.9 Å². The van der Waals surface area contributed by atoms with Gasteiger partial charge in [0.05, 0.1) is 19.3 Å². The van der Waals surface area contributed by atoms with Crippen LogP contribution in [0.3, 0.4) is 0 Å². The molecule has 0 N–H and O–H groups in total. The highest BCUT2D eigenvalue weighted by atomic mass is 16.6. The predicted molar refractivity (Wildman–Crippen MR) is 95.0 cm³/mol. The summed E-state index contributed by atoms with van der Waals surface area (Å²) in [6.07, 6.45) is 5.79. The Balaban J connectivity index is 1.56. The van der Waals surface area contributed by atoms with Crippen LogP contribution in [0.15, 0.2) is 24.3 Å². The largest absolute Gasteiger partial charge is 0.375 e. The summed E-state index contributed by atoms with van der Waals surface area (Å²) in [4.78, 5) is 0. The fraction of sp³-hybridized carbons (Fsp3) is 0.714. The zero-order valence-electron chi connectivity index (χ0n) is 15.2. The highest BCUT2D eigenvalue weighted by Crippen LogP contribution is 2.41. The van der Waals surface area contributed by atoms with Crippen molar-refractivity contribution in [3.8, 4) is 0 Å². The summed E-state index contributed by atoms with van der Waals surface area (Å²) in [5.41, 5.74) is 3.17. The van der Waals surface area contributed by atoms with Crippen molar-refractivity contribution in [2.45, 2.75) is 76.9 Å². The maximum Gasteiger partial charge on any atom is 0.104 e. The van der Waals surface area contributed by atoms with E-state index < -0.39 is 0 Å². The third kappa shape index (κ3) is 4.16. The smallest absolute Gasteiger partial charge is 0.104 e. The second kappa shape index (κ2) is 6.94. The molecule has 2 fully saturated rings. The molecule has 1 saturated carbocycles. The Labute approximate surface area is 141 Å². The Morgan fingerprint density at radius 2 is 1.70 bits per heavy atom. The minimum atomic E-state index is 0.250. The van der Waals surface area contributed by atoms with Crippen LogP contribution >= 0.6 is 0 Å². The third-order valence-corrected chi connectivity index (χ3v) is 5.94. The maximum atomic E-state index is 5.99. The average Bonchev–Trinajstić information content (AvgIpc) is 3.38. The zero-order chi connectivity index (χ0) is 16.4. The first kappa shape index (κ1) is 17.0. The first-order valence-corrected chi connectivity index (χ1v) is 9.30. The first-order valence-electron chi connectivity index (χ1n) is 9.30. The predicted octanol–water partition coefficient (Wildman–Crippen LogP) is 5.06. The van der Waals surface area contributed by atoms with Crippen LogP contribution in [0.2, 0.25) is 0 Å². The van der Waals surface area contributed by atoms with Gasteiger partial charge in [0.2, 0.25) is 0 Å². The van der Waals surface area contributed by atoms with Gasteiger partial charge in [-0.15, -0.1) is 0 Å². The van der Waals surface area contributed by atoms with E-state index >= 15 is 0 Å². The van der Waals surface area contributed by atoms with E-state index in [1.807, 2.05) is 0 Å². The van der Waals surface area contributed by atoms with Gasteiger partial charge in [0, 0.05) is 0 Å². The Kier molecular flexibility index (Phi) is 5.13. The molecule has 1 unspecified atom stereocenters. The number of hydrogen-bond donors (Lipinski definition) is 0. The van der Waals surface area contributed by atoms with Crippen LogP contribution in [0.4, 0.5) is 0 Å². The molecule has 1 heterocycles. The molecule has 2 nitrogen and oxygen atoms in total. The van der Waals surface area contributed by atoms with Crippen LogP contribution in [0.1, 0.15) is 70.4 Å². The van der Waals surface area contributed by atoms with Crippen LogP contribution in [0.25, 0.3) is 0 Å². The van der Waals surface area contributed by atoms with Gasteiger partial charge in [-0.25, -0.2) is 0 Å². The fourth-order valence-electron chi connectivity index (χ4n) is 3.89. The quantitative estimate of drug-likeness (QED) is 0.684. The summed E-state index contributed by atoms with van der Waals surface area (Å²) in [6, 6.07) is 9.32.